The molecule has 0 saturated carbocycles. The molecule has 20 heavy (non-hydrogen) atoms. The number of nitrogens with one attached hydrogen (secondary N) is 2. The van der Waals surface area contributed by atoms with E-state index in [-0.39, 0.29) is 27.6 Å². The van der Waals surface area contributed by atoms with Gasteiger partial charge in [0.15, 0.2) is 0 Å². The maximum absolute atomic E-state index is 12.1. The Morgan fingerprint density at radius 1 is 1.40 bits per heavy atom. The third kappa shape index (κ3) is 3.69. The van der Waals surface area contributed by atoms with Gasteiger partial charge in [-0.3, -0.25) is 4.79 Å². The molecule has 4 N–H and O–H groups in total. The molecule has 8 heteroatoms. The van der Waals surface area contributed by atoms with Gasteiger partial charge in [0.25, 0.3) is 0 Å². The Morgan fingerprint density at radius 3 is 2.75 bits per heavy atom. The van der Waals surface area contributed by atoms with Crippen LogP contribution < -0.4 is 15.8 Å². The summed E-state index contributed by atoms with van der Waals surface area (Å²) in [4.78, 5) is 12.0. The second-order valence-electron chi connectivity index (χ2n) is 4.68. The number of anilines is 1. The van der Waals surface area contributed by atoms with Crippen molar-refractivity contribution in [1.29, 1.82) is 0 Å². The number of piperidine rings is 1. The van der Waals surface area contributed by atoms with Gasteiger partial charge < -0.3 is 10.6 Å². The highest BCUT2D eigenvalue weighted by Crippen LogP contribution is 2.25. The van der Waals surface area contributed by atoms with Crippen LogP contribution in [0.15, 0.2) is 23.1 Å². The van der Waals surface area contributed by atoms with Crippen molar-refractivity contribution in [2.45, 2.75) is 30.2 Å². The standard InChI is InChI=1S/C12H16ClN3O3S/c13-9-5-4-8(20(14,18)19)7-11(9)16-12(17)10-3-1-2-6-15-10/h4-5,7,10,15H,1-3,6H2,(H,16,17)(H2,14,18,19). The maximum atomic E-state index is 12.1. The van der Waals surface area contributed by atoms with Gasteiger partial charge in [0.2, 0.25) is 15.9 Å². The summed E-state index contributed by atoms with van der Waals surface area (Å²) in [5.74, 6) is -0.224. The number of carbonyl (C=O) groups excluding carboxylic acids is 1. The summed E-state index contributed by atoms with van der Waals surface area (Å²) in [5.41, 5.74) is 0.246. The molecule has 2 rings (SSSR count). The number of carbonyl (C=O) groups is 1. The normalized spacial score (nSPS) is 19.6. The van der Waals surface area contributed by atoms with Crippen molar-refractivity contribution < 1.29 is 13.2 Å². The Hall–Kier alpha value is -1.15. The van der Waals surface area contributed by atoms with E-state index in [0.717, 1.165) is 25.8 Å². The van der Waals surface area contributed by atoms with Crippen LogP contribution in [0, 0.1) is 0 Å². The SMILES string of the molecule is NS(=O)(=O)c1ccc(Cl)c(NC(=O)C2CCCCN2)c1. The first kappa shape index (κ1) is 15.2. The molecule has 1 fully saturated rings. The van der Waals surface area contributed by atoms with E-state index in [4.69, 9.17) is 16.7 Å². The van der Waals surface area contributed by atoms with Crippen molar-refractivity contribution in [2.75, 3.05) is 11.9 Å². The Balaban J connectivity index is 2.18. The molecule has 1 aliphatic heterocycles. The van der Waals surface area contributed by atoms with E-state index < -0.39 is 10.0 Å². The molecule has 1 amide bonds. The predicted molar refractivity (Wildman–Crippen MR) is 77.1 cm³/mol. The molecule has 1 heterocycles. The number of nitrogens with two attached hydrogens (primary N) is 1. The largest absolute Gasteiger partial charge is 0.323 e. The van der Waals surface area contributed by atoms with Gasteiger partial charge in [-0.1, -0.05) is 18.0 Å². The molecule has 1 unspecified atom stereocenters. The average molecular weight is 318 g/mol. The van der Waals surface area contributed by atoms with Crippen LogP contribution in [0.25, 0.3) is 0 Å². The highest BCUT2D eigenvalue weighted by Gasteiger charge is 2.21. The minimum Gasteiger partial charge on any atom is -0.323 e. The molecule has 1 atom stereocenters. The summed E-state index contributed by atoms with van der Waals surface area (Å²) in [7, 11) is -3.83. The van der Waals surface area contributed by atoms with Gasteiger partial charge in [0.05, 0.1) is 21.6 Å². The molecular weight excluding hydrogens is 302 g/mol. The highest BCUT2D eigenvalue weighted by molar-refractivity contribution is 7.89. The Kier molecular flexibility index (Phi) is 4.64. The number of sulfonamides is 1. The van der Waals surface area contributed by atoms with Crippen molar-refractivity contribution in [3.8, 4) is 0 Å². The molecule has 1 aromatic carbocycles. The molecule has 0 radical (unpaired) electrons. The van der Waals surface area contributed by atoms with Crippen LogP contribution in [0.5, 0.6) is 0 Å². The molecule has 1 aliphatic rings. The Bertz CT molecular complexity index is 612. The Morgan fingerprint density at radius 2 is 2.15 bits per heavy atom. The number of rotatable bonds is 3. The molecule has 1 saturated heterocycles. The summed E-state index contributed by atoms with van der Waals surface area (Å²) in [6.07, 6.45) is 2.78. The van der Waals surface area contributed by atoms with E-state index in [0.29, 0.717) is 0 Å². The lowest BCUT2D eigenvalue weighted by Crippen LogP contribution is -2.43. The van der Waals surface area contributed by atoms with E-state index in [2.05, 4.69) is 10.6 Å². The van der Waals surface area contributed by atoms with Gasteiger partial charge in [-0.05, 0) is 37.6 Å². The third-order valence-electron chi connectivity index (χ3n) is 3.15. The zero-order valence-electron chi connectivity index (χ0n) is 10.7. The lowest BCUT2D eigenvalue weighted by atomic mass is 10.0. The fraction of sp³-hybridized carbons (Fsp3) is 0.417. The van der Waals surface area contributed by atoms with Crippen LogP contribution in [0.3, 0.4) is 0 Å². The second-order valence-corrected chi connectivity index (χ2v) is 6.65. The third-order valence-corrected chi connectivity index (χ3v) is 4.39. The zero-order valence-corrected chi connectivity index (χ0v) is 12.3. The summed E-state index contributed by atoms with van der Waals surface area (Å²) >= 11 is 5.96. The lowest BCUT2D eigenvalue weighted by Gasteiger charge is -2.22. The quantitative estimate of drug-likeness (QED) is 0.776. The first-order valence-corrected chi connectivity index (χ1v) is 8.17. The zero-order chi connectivity index (χ0) is 14.8. The number of benzene rings is 1. The van der Waals surface area contributed by atoms with Crippen molar-refractivity contribution in [3.05, 3.63) is 23.2 Å². The molecular formula is C12H16ClN3O3S. The smallest absolute Gasteiger partial charge is 0.241 e. The molecule has 110 valence electrons. The van der Waals surface area contributed by atoms with Crippen molar-refractivity contribution in [1.82, 2.24) is 5.32 Å². The topological polar surface area (TPSA) is 101 Å². The summed E-state index contributed by atoms with van der Waals surface area (Å²) in [6, 6.07) is 3.67. The number of primary sulfonamides is 1. The summed E-state index contributed by atoms with van der Waals surface area (Å²) in [5, 5.41) is 11.1. The van der Waals surface area contributed by atoms with Gasteiger partial charge in [-0.15, -0.1) is 0 Å². The van der Waals surface area contributed by atoms with E-state index >= 15 is 0 Å². The molecule has 0 spiro atoms. The fourth-order valence-electron chi connectivity index (χ4n) is 2.07. The highest BCUT2D eigenvalue weighted by atomic mass is 35.5. The molecule has 0 aliphatic carbocycles. The Labute approximate surface area is 122 Å². The fourth-order valence-corrected chi connectivity index (χ4v) is 2.78. The van der Waals surface area contributed by atoms with Gasteiger partial charge in [-0.2, -0.15) is 0 Å². The lowest BCUT2D eigenvalue weighted by molar-refractivity contribution is -0.118. The number of hydrogen-bond acceptors (Lipinski definition) is 4. The molecule has 1 aromatic rings. The van der Waals surface area contributed by atoms with Crippen LogP contribution in [0.1, 0.15) is 19.3 Å². The van der Waals surface area contributed by atoms with E-state index in [1.807, 2.05) is 0 Å². The van der Waals surface area contributed by atoms with Crippen molar-refractivity contribution in [3.63, 3.8) is 0 Å². The molecule has 0 aromatic heterocycles. The number of amides is 1. The number of halogens is 1. The van der Waals surface area contributed by atoms with E-state index in [1.54, 1.807) is 0 Å². The first-order valence-electron chi connectivity index (χ1n) is 6.24. The summed E-state index contributed by atoms with van der Waals surface area (Å²) in [6.45, 7) is 0.795. The van der Waals surface area contributed by atoms with Gasteiger partial charge >= 0.3 is 0 Å². The minimum atomic E-state index is -3.83. The first-order chi connectivity index (χ1) is 9.38. The average Bonchev–Trinajstić information content (AvgIpc) is 2.41. The van der Waals surface area contributed by atoms with Gasteiger partial charge in [0.1, 0.15) is 0 Å². The van der Waals surface area contributed by atoms with E-state index in [9.17, 15) is 13.2 Å². The molecule has 6 nitrogen and oxygen atoms in total. The predicted octanol–water partition coefficient (Wildman–Crippen LogP) is 1.07. The maximum Gasteiger partial charge on any atom is 0.241 e. The summed E-state index contributed by atoms with van der Waals surface area (Å²) < 4.78 is 22.6. The number of hydrogen-bond donors (Lipinski definition) is 3. The molecule has 0 bridgehead atoms. The van der Waals surface area contributed by atoms with Crippen LogP contribution >= 0.6 is 11.6 Å². The van der Waals surface area contributed by atoms with Crippen LogP contribution in [-0.2, 0) is 14.8 Å². The monoisotopic (exact) mass is 317 g/mol. The second kappa shape index (κ2) is 6.09. The van der Waals surface area contributed by atoms with Crippen LogP contribution in [0.2, 0.25) is 5.02 Å². The van der Waals surface area contributed by atoms with Crippen LogP contribution in [0.4, 0.5) is 5.69 Å². The van der Waals surface area contributed by atoms with Crippen molar-refractivity contribution in [2.24, 2.45) is 5.14 Å². The van der Waals surface area contributed by atoms with Crippen molar-refractivity contribution >= 4 is 33.2 Å². The van der Waals surface area contributed by atoms with E-state index in [1.165, 1.54) is 18.2 Å². The minimum absolute atomic E-state index is 0.0891. The van der Waals surface area contributed by atoms with Crippen LogP contribution in [-0.4, -0.2) is 26.9 Å². The van der Waals surface area contributed by atoms with Gasteiger partial charge in [-0.25, -0.2) is 13.6 Å². The van der Waals surface area contributed by atoms with Gasteiger partial charge in [0, 0.05) is 0 Å².